The fourth-order valence-electron chi connectivity index (χ4n) is 3.29. The lowest BCUT2D eigenvalue weighted by Crippen LogP contribution is -2.32. The van der Waals surface area contributed by atoms with Crippen LogP contribution in [0.5, 0.6) is 0 Å². The molecular weight excluding hydrogens is 461 g/mol. The summed E-state index contributed by atoms with van der Waals surface area (Å²) >= 11 is 1.35. The topological polar surface area (TPSA) is 51.0 Å². The van der Waals surface area contributed by atoms with Gasteiger partial charge in [-0.1, -0.05) is 29.5 Å². The van der Waals surface area contributed by atoms with Crippen molar-refractivity contribution in [3.63, 3.8) is 0 Å². The number of thiazole rings is 1. The fourth-order valence-corrected chi connectivity index (χ4v) is 4.36. The van der Waals surface area contributed by atoms with Crippen LogP contribution in [-0.2, 0) is 12.7 Å². The van der Waals surface area contributed by atoms with Crippen molar-refractivity contribution >= 4 is 45.0 Å². The summed E-state index contributed by atoms with van der Waals surface area (Å²) in [5.41, 5.74) is 0.897. The van der Waals surface area contributed by atoms with E-state index in [0.717, 1.165) is 27.9 Å². The highest BCUT2D eigenvalue weighted by atomic mass is 35.5. The molecule has 2 heterocycles. The molecule has 0 fully saturated rings. The van der Waals surface area contributed by atoms with Crippen LogP contribution in [0.25, 0.3) is 10.2 Å². The molecule has 0 saturated carbocycles. The van der Waals surface area contributed by atoms with Gasteiger partial charge in [0, 0.05) is 31.0 Å². The van der Waals surface area contributed by atoms with Crippen LogP contribution in [0.3, 0.4) is 0 Å². The van der Waals surface area contributed by atoms with Crippen LogP contribution >= 0.6 is 23.7 Å². The van der Waals surface area contributed by atoms with Crippen LogP contribution in [0.2, 0.25) is 0 Å². The van der Waals surface area contributed by atoms with Crippen molar-refractivity contribution in [2.45, 2.75) is 26.1 Å². The van der Waals surface area contributed by atoms with Crippen LogP contribution < -0.4 is 4.90 Å². The number of imidazole rings is 1. The highest BCUT2D eigenvalue weighted by molar-refractivity contribution is 7.22. The Morgan fingerprint density at radius 1 is 1.19 bits per heavy atom. The lowest BCUT2D eigenvalue weighted by Gasteiger charge is -2.20. The molecular formula is C22H20ClF3N4OS. The molecule has 0 atom stereocenters. The summed E-state index contributed by atoms with van der Waals surface area (Å²) in [6.45, 7) is 2.87. The van der Waals surface area contributed by atoms with E-state index in [9.17, 15) is 18.0 Å². The number of hydrogen-bond donors (Lipinski definition) is 0. The smallest absolute Gasteiger partial charge is 0.337 e. The number of alkyl halides is 3. The largest absolute Gasteiger partial charge is 0.416 e. The molecule has 0 N–H and O–H groups in total. The molecule has 0 bridgehead atoms. The van der Waals surface area contributed by atoms with Crippen LogP contribution in [0.1, 0.15) is 27.9 Å². The van der Waals surface area contributed by atoms with Gasteiger partial charge in [0.2, 0.25) is 0 Å². The zero-order valence-electron chi connectivity index (χ0n) is 17.0. The Morgan fingerprint density at radius 3 is 2.66 bits per heavy atom. The highest BCUT2D eigenvalue weighted by Gasteiger charge is 2.31. The molecule has 0 aliphatic carbocycles. The Bertz CT molecular complexity index is 1210. The molecule has 32 heavy (non-hydrogen) atoms. The van der Waals surface area contributed by atoms with Crippen LogP contribution in [-0.4, -0.2) is 27.0 Å². The van der Waals surface area contributed by atoms with E-state index in [1.54, 1.807) is 12.5 Å². The number of rotatable bonds is 6. The summed E-state index contributed by atoms with van der Waals surface area (Å²) in [6.07, 6.45) is 1.24. The quantitative estimate of drug-likeness (QED) is 0.341. The van der Waals surface area contributed by atoms with Gasteiger partial charge in [0.05, 0.1) is 22.1 Å². The van der Waals surface area contributed by atoms with Crippen LogP contribution in [0.4, 0.5) is 18.3 Å². The second-order valence-corrected chi connectivity index (χ2v) is 8.12. The molecule has 0 aliphatic heterocycles. The summed E-state index contributed by atoms with van der Waals surface area (Å²) in [4.78, 5) is 23.4. The predicted octanol–water partition coefficient (Wildman–Crippen LogP) is 5.98. The van der Waals surface area contributed by atoms with Crippen molar-refractivity contribution in [3.05, 3.63) is 77.9 Å². The number of carbonyl (C=O) groups is 1. The summed E-state index contributed by atoms with van der Waals surface area (Å²) in [6, 6.07) is 10.3. The first-order valence-corrected chi connectivity index (χ1v) is 10.5. The first-order valence-electron chi connectivity index (χ1n) is 9.64. The zero-order valence-corrected chi connectivity index (χ0v) is 18.7. The summed E-state index contributed by atoms with van der Waals surface area (Å²) in [7, 11) is 0. The second-order valence-electron chi connectivity index (χ2n) is 7.11. The lowest BCUT2D eigenvalue weighted by molar-refractivity contribution is -0.137. The SMILES string of the molecule is Cc1cccc2sc(N(CCCn3ccnc3)C(=O)c3cccc(C(F)(F)F)c3)nc12.Cl. The molecule has 0 radical (unpaired) electrons. The van der Waals surface area contributed by atoms with Gasteiger partial charge >= 0.3 is 6.18 Å². The molecule has 2 aromatic heterocycles. The maximum Gasteiger partial charge on any atom is 0.416 e. The zero-order chi connectivity index (χ0) is 22.0. The first-order chi connectivity index (χ1) is 14.8. The third-order valence-electron chi connectivity index (χ3n) is 4.88. The van der Waals surface area contributed by atoms with E-state index in [-0.39, 0.29) is 18.0 Å². The molecule has 5 nitrogen and oxygen atoms in total. The van der Waals surface area contributed by atoms with Gasteiger partial charge in [-0.3, -0.25) is 9.69 Å². The predicted molar refractivity (Wildman–Crippen MR) is 122 cm³/mol. The van der Waals surface area contributed by atoms with Gasteiger partial charge in [0.15, 0.2) is 5.13 Å². The van der Waals surface area contributed by atoms with Gasteiger partial charge in [-0.05, 0) is 43.2 Å². The molecule has 1 amide bonds. The Balaban J connectivity index is 0.00000289. The molecule has 0 unspecified atom stereocenters. The maximum atomic E-state index is 13.3. The molecule has 0 spiro atoms. The Hall–Kier alpha value is -2.91. The lowest BCUT2D eigenvalue weighted by atomic mass is 10.1. The standard InChI is InChI=1S/C22H19F3N4OS.ClH/c1-15-5-2-8-18-19(15)27-21(31-18)29(11-4-10-28-12-9-26-14-28)20(30)16-6-3-7-17(13-16)22(23,24)25;/h2-3,5-9,12-14H,4,10-11H2,1H3;1H. The van der Waals surface area contributed by atoms with Crippen molar-refractivity contribution in [3.8, 4) is 0 Å². The number of hydrogen-bond acceptors (Lipinski definition) is 4. The fraction of sp³-hybridized carbons (Fsp3) is 0.227. The minimum atomic E-state index is -4.52. The molecule has 10 heteroatoms. The van der Waals surface area contributed by atoms with Gasteiger partial charge in [0.25, 0.3) is 5.91 Å². The van der Waals surface area contributed by atoms with Crippen molar-refractivity contribution in [1.82, 2.24) is 14.5 Å². The first kappa shape index (κ1) is 23.7. The van der Waals surface area contributed by atoms with Gasteiger partial charge in [0.1, 0.15) is 0 Å². The molecule has 168 valence electrons. The van der Waals surface area contributed by atoms with E-state index in [4.69, 9.17) is 0 Å². The average Bonchev–Trinajstić information content (AvgIpc) is 3.41. The number of aromatic nitrogens is 3. The van der Waals surface area contributed by atoms with Crippen molar-refractivity contribution in [2.75, 3.05) is 11.4 Å². The summed E-state index contributed by atoms with van der Waals surface area (Å²) in [5, 5.41) is 0.470. The van der Waals surface area contributed by atoms with Gasteiger partial charge in [-0.2, -0.15) is 13.2 Å². The highest BCUT2D eigenvalue weighted by Crippen LogP contribution is 2.33. The minimum Gasteiger partial charge on any atom is -0.337 e. The number of anilines is 1. The van der Waals surface area contributed by atoms with Gasteiger partial charge < -0.3 is 4.57 Å². The summed E-state index contributed by atoms with van der Waals surface area (Å²) in [5.74, 6) is -0.506. The van der Waals surface area contributed by atoms with Gasteiger partial charge in [-0.15, -0.1) is 12.4 Å². The Morgan fingerprint density at radius 2 is 1.97 bits per heavy atom. The molecule has 0 aliphatic rings. The van der Waals surface area contributed by atoms with E-state index in [1.165, 1.54) is 28.4 Å². The number of fused-ring (bicyclic) bond motifs is 1. The number of halogens is 4. The molecule has 0 saturated heterocycles. The van der Waals surface area contributed by atoms with Crippen molar-refractivity contribution in [1.29, 1.82) is 0 Å². The van der Waals surface area contributed by atoms with Crippen molar-refractivity contribution in [2.24, 2.45) is 0 Å². The number of nitrogens with zero attached hydrogens (tertiary/aromatic N) is 4. The number of carbonyl (C=O) groups excluding carboxylic acids is 1. The third-order valence-corrected chi connectivity index (χ3v) is 5.92. The normalized spacial score (nSPS) is 11.4. The Labute approximate surface area is 192 Å². The minimum absolute atomic E-state index is 0. The van der Waals surface area contributed by atoms with Crippen molar-refractivity contribution < 1.29 is 18.0 Å². The number of para-hydroxylation sites is 1. The van der Waals surface area contributed by atoms with Gasteiger partial charge in [-0.25, -0.2) is 9.97 Å². The second kappa shape index (κ2) is 9.70. The van der Waals surface area contributed by atoms with E-state index in [1.807, 2.05) is 35.9 Å². The van der Waals surface area contributed by atoms with E-state index in [0.29, 0.717) is 24.6 Å². The van der Waals surface area contributed by atoms with E-state index < -0.39 is 17.6 Å². The maximum absolute atomic E-state index is 13.3. The summed E-state index contributed by atoms with van der Waals surface area (Å²) < 4.78 is 42.3. The number of amides is 1. The number of benzene rings is 2. The Kier molecular flexibility index (Phi) is 7.20. The average molecular weight is 481 g/mol. The number of aryl methyl sites for hydroxylation is 2. The van der Waals surface area contributed by atoms with E-state index >= 15 is 0 Å². The molecule has 4 rings (SSSR count). The van der Waals surface area contributed by atoms with E-state index in [2.05, 4.69) is 9.97 Å². The van der Waals surface area contributed by atoms with Crippen LogP contribution in [0, 0.1) is 6.92 Å². The monoisotopic (exact) mass is 480 g/mol. The third kappa shape index (κ3) is 5.11. The molecule has 4 aromatic rings. The molecule has 2 aromatic carbocycles. The van der Waals surface area contributed by atoms with Crippen LogP contribution in [0.15, 0.2) is 61.2 Å².